The Morgan fingerprint density at radius 3 is 2.71 bits per heavy atom. The summed E-state index contributed by atoms with van der Waals surface area (Å²) in [5.74, 6) is 3.10. The molecule has 0 N–H and O–H groups in total. The molecule has 2 atom stereocenters. The summed E-state index contributed by atoms with van der Waals surface area (Å²) in [6.45, 7) is 6.85. The summed E-state index contributed by atoms with van der Waals surface area (Å²) in [6, 6.07) is 0. The van der Waals surface area contributed by atoms with Gasteiger partial charge in [0.05, 0.1) is 5.76 Å². The highest BCUT2D eigenvalue weighted by atomic mass is 28.4. The van der Waals surface area contributed by atoms with Gasteiger partial charge in [-0.15, -0.1) is 0 Å². The highest BCUT2D eigenvalue weighted by Crippen LogP contribution is 2.43. The third kappa shape index (κ3) is 2.22. The monoisotopic (exact) mass is 210 g/mol. The summed E-state index contributed by atoms with van der Waals surface area (Å²) >= 11 is 0. The summed E-state index contributed by atoms with van der Waals surface area (Å²) in [5, 5.41) is 0. The Morgan fingerprint density at radius 2 is 2.00 bits per heavy atom. The maximum Gasteiger partial charge on any atom is 0.241 e. The molecule has 2 heteroatoms. The largest absolute Gasteiger partial charge is 0.547 e. The van der Waals surface area contributed by atoms with Crippen LogP contribution in [-0.4, -0.2) is 8.32 Å². The Labute approximate surface area is 88.7 Å². The van der Waals surface area contributed by atoms with Gasteiger partial charge in [-0.1, -0.05) is 6.42 Å². The molecule has 1 fully saturated rings. The third-order valence-corrected chi connectivity index (χ3v) is 4.18. The van der Waals surface area contributed by atoms with Crippen molar-refractivity contribution in [1.82, 2.24) is 0 Å². The van der Waals surface area contributed by atoms with E-state index in [1.54, 1.807) is 0 Å². The van der Waals surface area contributed by atoms with Crippen LogP contribution in [0.1, 0.15) is 32.1 Å². The van der Waals surface area contributed by atoms with Gasteiger partial charge in [-0.3, -0.25) is 0 Å². The first-order valence-electron chi connectivity index (χ1n) is 5.95. The Hall–Kier alpha value is -0.243. The quantitative estimate of drug-likeness (QED) is 0.627. The molecule has 0 saturated heterocycles. The molecular weight excluding hydrogens is 188 g/mol. The van der Waals surface area contributed by atoms with Gasteiger partial charge < -0.3 is 4.43 Å². The van der Waals surface area contributed by atoms with Gasteiger partial charge in [-0.25, -0.2) is 0 Å². The second-order valence-electron chi connectivity index (χ2n) is 5.70. The molecule has 14 heavy (non-hydrogen) atoms. The second kappa shape index (κ2) is 3.73. The van der Waals surface area contributed by atoms with Crippen molar-refractivity contribution in [3.05, 3.63) is 11.8 Å². The Kier molecular flexibility index (Phi) is 2.74. The first-order chi connectivity index (χ1) is 6.56. The lowest BCUT2D eigenvalue weighted by atomic mass is 9.85. The van der Waals surface area contributed by atoms with Gasteiger partial charge in [0.1, 0.15) is 0 Å². The van der Waals surface area contributed by atoms with Crippen molar-refractivity contribution < 1.29 is 4.43 Å². The zero-order valence-electron chi connectivity index (χ0n) is 9.68. The maximum absolute atomic E-state index is 6.19. The lowest BCUT2D eigenvalue weighted by Crippen LogP contribution is -2.29. The van der Waals surface area contributed by atoms with E-state index < -0.39 is 8.32 Å². The normalized spacial score (nSPS) is 32.4. The number of allylic oxidation sites excluding steroid dienone is 2. The van der Waals surface area contributed by atoms with Crippen LogP contribution in [0.5, 0.6) is 0 Å². The van der Waals surface area contributed by atoms with E-state index in [0.29, 0.717) is 0 Å². The molecule has 0 aromatic rings. The van der Waals surface area contributed by atoms with Crippen LogP contribution in [0.2, 0.25) is 19.6 Å². The van der Waals surface area contributed by atoms with Crippen molar-refractivity contribution in [2.24, 2.45) is 11.8 Å². The fourth-order valence-electron chi connectivity index (χ4n) is 2.82. The fourth-order valence-corrected chi connectivity index (χ4v) is 3.76. The molecule has 0 heterocycles. The van der Waals surface area contributed by atoms with Crippen molar-refractivity contribution in [1.29, 1.82) is 0 Å². The van der Waals surface area contributed by atoms with Crippen LogP contribution < -0.4 is 0 Å². The van der Waals surface area contributed by atoms with Gasteiger partial charge in [0.2, 0.25) is 8.32 Å². The van der Waals surface area contributed by atoms with Gasteiger partial charge in [0.15, 0.2) is 0 Å². The van der Waals surface area contributed by atoms with E-state index in [4.69, 9.17) is 4.43 Å². The molecule has 2 rings (SSSR count). The standard InChI is InChI=1S/C12H22OSi/c1-14(2,3)13-12-9-5-7-10-6-4-8-11(10)12/h9-11H,4-8H2,1-3H3. The second-order valence-corrected chi connectivity index (χ2v) is 10.1. The molecule has 0 amide bonds. The highest BCUT2D eigenvalue weighted by Gasteiger charge is 2.34. The topological polar surface area (TPSA) is 9.23 Å². The smallest absolute Gasteiger partial charge is 0.241 e. The van der Waals surface area contributed by atoms with Gasteiger partial charge in [-0.05, 0) is 57.3 Å². The molecule has 1 saturated carbocycles. The van der Waals surface area contributed by atoms with Gasteiger partial charge in [0.25, 0.3) is 0 Å². The predicted molar refractivity (Wildman–Crippen MR) is 62.6 cm³/mol. The molecule has 0 aliphatic heterocycles. The highest BCUT2D eigenvalue weighted by molar-refractivity contribution is 6.70. The van der Waals surface area contributed by atoms with Crippen LogP contribution in [0.4, 0.5) is 0 Å². The number of rotatable bonds is 2. The molecule has 0 radical (unpaired) electrons. The summed E-state index contributed by atoms with van der Waals surface area (Å²) in [4.78, 5) is 0. The van der Waals surface area contributed by atoms with Crippen LogP contribution >= 0.6 is 0 Å². The van der Waals surface area contributed by atoms with Crippen molar-refractivity contribution >= 4 is 8.32 Å². The van der Waals surface area contributed by atoms with E-state index >= 15 is 0 Å². The third-order valence-electron chi connectivity index (χ3n) is 3.33. The average Bonchev–Trinajstić information content (AvgIpc) is 2.49. The Balaban J connectivity index is 2.06. The SMILES string of the molecule is C[Si](C)(C)OC1=CCCC2CCCC12. The summed E-state index contributed by atoms with van der Waals surface area (Å²) in [7, 11) is -1.37. The molecule has 0 spiro atoms. The summed E-state index contributed by atoms with van der Waals surface area (Å²) in [6.07, 6.45) is 9.26. The fraction of sp³-hybridized carbons (Fsp3) is 0.833. The molecule has 80 valence electrons. The number of fused-ring (bicyclic) bond motifs is 1. The first kappa shape index (κ1) is 10.3. The molecule has 0 bridgehead atoms. The van der Waals surface area contributed by atoms with Gasteiger partial charge in [0, 0.05) is 5.92 Å². The van der Waals surface area contributed by atoms with Gasteiger partial charge in [-0.2, -0.15) is 0 Å². The minimum atomic E-state index is -1.37. The van der Waals surface area contributed by atoms with Crippen LogP contribution in [0.3, 0.4) is 0 Å². The van der Waals surface area contributed by atoms with E-state index in [1.807, 2.05) is 0 Å². The minimum absolute atomic E-state index is 0.787. The number of hydrogen-bond acceptors (Lipinski definition) is 1. The van der Waals surface area contributed by atoms with Crippen LogP contribution in [-0.2, 0) is 4.43 Å². The summed E-state index contributed by atoms with van der Waals surface area (Å²) < 4.78 is 6.19. The van der Waals surface area contributed by atoms with Crippen molar-refractivity contribution in [2.75, 3.05) is 0 Å². The van der Waals surface area contributed by atoms with E-state index in [1.165, 1.54) is 37.9 Å². The molecule has 2 aliphatic rings. The Bertz CT molecular complexity index is 239. The Morgan fingerprint density at radius 1 is 1.21 bits per heavy atom. The predicted octanol–water partition coefficient (Wildman–Crippen LogP) is 3.93. The minimum Gasteiger partial charge on any atom is -0.547 e. The number of hydrogen-bond donors (Lipinski definition) is 0. The zero-order chi connectivity index (χ0) is 10.2. The van der Waals surface area contributed by atoms with E-state index in [9.17, 15) is 0 Å². The molecule has 2 unspecified atom stereocenters. The molecule has 2 aliphatic carbocycles. The van der Waals surface area contributed by atoms with Crippen LogP contribution in [0, 0.1) is 11.8 Å². The van der Waals surface area contributed by atoms with Crippen molar-refractivity contribution in [2.45, 2.75) is 51.7 Å². The lowest BCUT2D eigenvalue weighted by Gasteiger charge is -2.31. The average molecular weight is 210 g/mol. The van der Waals surface area contributed by atoms with Gasteiger partial charge >= 0.3 is 0 Å². The van der Waals surface area contributed by atoms with Crippen molar-refractivity contribution in [3.8, 4) is 0 Å². The molecule has 0 aromatic carbocycles. The molecular formula is C12H22OSi. The van der Waals surface area contributed by atoms with E-state index in [2.05, 4.69) is 25.7 Å². The zero-order valence-corrected chi connectivity index (χ0v) is 10.7. The van der Waals surface area contributed by atoms with Crippen LogP contribution in [0.25, 0.3) is 0 Å². The van der Waals surface area contributed by atoms with E-state index in [0.717, 1.165) is 11.8 Å². The van der Waals surface area contributed by atoms with Crippen molar-refractivity contribution in [3.63, 3.8) is 0 Å². The molecule has 1 nitrogen and oxygen atoms in total. The first-order valence-corrected chi connectivity index (χ1v) is 9.36. The lowest BCUT2D eigenvalue weighted by molar-refractivity contribution is 0.269. The summed E-state index contributed by atoms with van der Waals surface area (Å²) in [5.41, 5.74) is 0. The maximum atomic E-state index is 6.19. The molecule has 0 aromatic heterocycles. The van der Waals surface area contributed by atoms with Crippen LogP contribution in [0.15, 0.2) is 11.8 Å². The van der Waals surface area contributed by atoms with E-state index in [-0.39, 0.29) is 0 Å².